The van der Waals surface area contributed by atoms with Crippen molar-refractivity contribution in [2.75, 3.05) is 0 Å². The molecule has 1 aliphatic heterocycles. The lowest BCUT2D eigenvalue weighted by Crippen LogP contribution is -2.27. The Morgan fingerprint density at radius 3 is 2.45 bits per heavy atom. The van der Waals surface area contributed by atoms with E-state index in [1.54, 1.807) is 41.3 Å². The fraction of sp³-hybridized carbons (Fsp3) is 0.240. The quantitative estimate of drug-likeness (QED) is 0.187. The molecule has 2 fully saturated rings. The summed E-state index contributed by atoms with van der Waals surface area (Å²) in [5.74, 6) is -0.332. The van der Waals surface area contributed by atoms with Gasteiger partial charge in [-0.3, -0.25) is 14.5 Å². The van der Waals surface area contributed by atoms with Gasteiger partial charge in [0.1, 0.15) is 14.6 Å². The first-order chi connectivity index (χ1) is 15.7. The SMILES string of the molecule is CC1(C)[C@@H](C=C(Cl)Cl)[C@@H]1C(=O)Oc1ccc(/C=C2\SC(=S)N(Cc3ccccc3)C2=O)cc1. The predicted molar refractivity (Wildman–Crippen MR) is 138 cm³/mol. The molecule has 2 aromatic carbocycles. The molecule has 4 rings (SSSR count). The lowest BCUT2D eigenvalue weighted by molar-refractivity contribution is -0.136. The van der Waals surface area contributed by atoms with Crippen LogP contribution in [0.1, 0.15) is 25.0 Å². The topological polar surface area (TPSA) is 46.6 Å². The largest absolute Gasteiger partial charge is 0.426 e. The maximum absolute atomic E-state index is 12.8. The average molecular weight is 518 g/mol. The number of hydrogen-bond acceptors (Lipinski definition) is 5. The van der Waals surface area contributed by atoms with Crippen molar-refractivity contribution >= 4 is 69.5 Å². The van der Waals surface area contributed by atoms with E-state index in [4.69, 9.17) is 40.2 Å². The zero-order valence-electron chi connectivity index (χ0n) is 18.0. The third kappa shape index (κ3) is 5.35. The van der Waals surface area contributed by atoms with Crippen molar-refractivity contribution in [1.82, 2.24) is 4.90 Å². The second kappa shape index (κ2) is 9.63. The lowest BCUT2D eigenvalue weighted by atomic mass is 10.1. The van der Waals surface area contributed by atoms with Crippen molar-refractivity contribution in [3.05, 3.63) is 81.2 Å². The molecule has 170 valence electrons. The molecule has 4 nitrogen and oxygen atoms in total. The van der Waals surface area contributed by atoms with Crippen molar-refractivity contribution in [3.8, 4) is 5.75 Å². The van der Waals surface area contributed by atoms with Crippen LogP contribution in [-0.2, 0) is 16.1 Å². The molecule has 8 heteroatoms. The second-order valence-corrected chi connectivity index (χ2v) is 11.2. The first-order valence-corrected chi connectivity index (χ1v) is 12.3. The lowest BCUT2D eigenvalue weighted by Gasteiger charge is -2.14. The molecule has 0 radical (unpaired) electrons. The van der Waals surface area contributed by atoms with E-state index in [1.165, 1.54) is 11.8 Å². The smallest absolute Gasteiger partial charge is 0.315 e. The Labute approximate surface area is 212 Å². The van der Waals surface area contributed by atoms with Gasteiger partial charge in [0.15, 0.2) is 0 Å². The molecule has 2 aromatic rings. The number of hydrogen-bond donors (Lipinski definition) is 0. The van der Waals surface area contributed by atoms with Crippen LogP contribution in [-0.4, -0.2) is 21.1 Å². The van der Waals surface area contributed by atoms with E-state index in [0.717, 1.165) is 11.1 Å². The molecule has 2 atom stereocenters. The van der Waals surface area contributed by atoms with E-state index >= 15 is 0 Å². The van der Waals surface area contributed by atoms with Gasteiger partial charge in [-0.1, -0.05) is 103 Å². The maximum atomic E-state index is 12.8. The van der Waals surface area contributed by atoms with Gasteiger partial charge in [0.2, 0.25) is 0 Å². The molecule has 1 heterocycles. The first-order valence-electron chi connectivity index (χ1n) is 10.3. The van der Waals surface area contributed by atoms with Crippen molar-refractivity contribution in [2.45, 2.75) is 20.4 Å². The molecule has 0 unspecified atom stereocenters. The van der Waals surface area contributed by atoms with Crippen LogP contribution in [0.15, 0.2) is 70.1 Å². The standard InChI is InChI=1S/C25H21Cl2NO3S2/c1-25(2)18(13-20(26)27)21(25)23(30)31-17-10-8-15(9-11-17)12-19-22(29)28(24(32)33-19)14-16-6-4-3-5-7-16/h3-13,18,21H,14H2,1-2H3/b19-12-/t18-,21+/m0/s1. The number of carbonyl (C=O) groups excluding carboxylic acids is 2. The Hall–Kier alpha value is -2.12. The normalized spacial score (nSPS) is 22.4. The van der Waals surface area contributed by atoms with Gasteiger partial charge >= 0.3 is 5.97 Å². The van der Waals surface area contributed by atoms with Crippen molar-refractivity contribution < 1.29 is 14.3 Å². The number of amides is 1. The molecule has 2 aliphatic rings. The van der Waals surface area contributed by atoms with Crippen LogP contribution < -0.4 is 4.74 Å². The minimum atomic E-state index is -0.314. The number of ether oxygens (including phenoxy) is 1. The Balaban J connectivity index is 1.40. The molecule has 1 saturated carbocycles. The molecule has 0 aromatic heterocycles. The number of nitrogens with zero attached hydrogens (tertiary/aromatic N) is 1. The Kier molecular flexibility index (Phi) is 7.01. The van der Waals surface area contributed by atoms with Crippen molar-refractivity contribution in [1.29, 1.82) is 0 Å². The number of esters is 1. The van der Waals surface area contributed by atoms with E-state index < -0.39 is 0 Å². The molecule has 1 aliphatic carbocycles. The minimum Gasteiger partial charge on any atom is -0.426 e. The average Bonchev–Trinajstić information content (AvgIpc) is 3.20. The number of carbonyl (C=O) groups is 2. The van der Waals surface area contributed by atoms with E-state index in [2.05, 4.69) is 0 Å². The summed E-state index contributed by atoms with van der Waals surface area (Å²) in [7, 11) is 0. The van der Waals surface area contributed by atoms with Gasteiger partial charge in [-0.05, 0) is 46.7 Å². The number of thiocarbonyl (C=S) groups is 1. The second-order valence-electron chi connectivity index (χ2n) is 8.52. The van der Waals surface area contributed by atoms with Gasteiger partial charge in [-0.25, -0.2) is 0 Å². The number of thioether (sulfide) groups is 1. The Bertz CT molecular complexity index is 1160. The Morgan fingerprint density at radius 1 is 1.15 bits per heavy atom. The van der Waals surface area contributed by atoms with Gasteiger partial charge in [0, 0.05) is 0 Å². The zero-order chi connectivity index (χ0) is 23.8. The van der Waals surface area contributed by atoms with Gasteiger partial charge < -0.3 is 4.74 Å². The van der Waals surface area contributed by atoms with E-state index in [0.29, 0.717) is 21.5 Å². The molecule has 1 amide bonds. The number of allylic oxidation sites excluding steroid dienone is 1. The fourth-order valence-corrected chi connectivity index (χ4v) is 5.47. The third-order valence-electron chi connectivity index (χ3n) is 5.92. The minimum absolute atomic E-state index is 0.0490. The van der Waals surface area contributed by atoms with E-state index in [-0.39, 0.29) is 33.6 Å². The van der Waals surface area contributed by atoms with Crippen LogP contribution >= 0.6 is 47.2 Å². The number of rotatable bonds is 6. The van der Waals surface area contributed by atoms with Crippen LogP contribution in [0.3, 0.4) is 0 Å². The van der Waals surface area contributed by atoms with Gasteiger partial charge in [-0.2, -0.15) is 0 Å². The number of halogens is 2. The summed E-state index contributed by atoms with van der Waals surface area (Å²) in [6, 6.07) is 16.8. The van der Waals surface area contributed by atoms with Crippen molar-refractivity contribution in [2.24, 2.45) is 17.3 Å². The molecular weight excluding hydrogens is 497 g/mol. The Morgan fingerprint density at radius 2 is 1.82 bits per heavy atom. The summed E-state index contributed by atoms with van der Waals surface area (Å²) < 4.78 is 6.25. The van der Waals surface area contributed by atoms with Crippen molar-refractivity contribution in [3.63, 3.8) is 0 Å². The summed E-state index contributed by atoms with van der Waals surface area (Å²) in [4.78, 5) is 27.6. The first kappa shape index (κ1) is 24.0. The molecule has 0 bridgehead atoms. The summed E-state index contributed by atoms with van der Waals surface area (Å²) in [5.41, 5.74) is 1.59. The highest BCUT2D eigenvalue weighted by atomic mass is 35.5. The van der Waals surface area contributed by atoms with Gasteiger partial charge in [-0.15, -0.1) is 0 Å². The summed E-state index contributed by atoms with van der Waals surface area (Å²) in [5, 5.41) is 0. The van der Waals surface area contributed by atoms with Crippen LogP contribution in [0.2, 0.25) is 0 Å². The van der Waals surface area contributed by atoms with E-state index in [1.807, 2.05) is 44.2 Å². The van der Waals surface area contributed by atoms with Crippen LogP contribution in [0.4, 0.5) is 0 Å². The monoisotopic (exact) mass is 517 g/mol. The highest BCUT2D eigenvalue weighted by Crippen LogP contribution is 2.60. The van der Waals surface area contributed by atoms with Gasteiger partial charge in [0.05, 0.1) is 17.4 Å². The summed E-state index contributed by atoms with van der Waals surface area (Å²) in [6.45, 7) is 4.40. The molecule has 0 N–H and O–H groups in total. The van der Waals surface area contributed by atoms with Gasteiger partial charge in [0.25, 0.3) is 5.91 Å². The zero-order valence-corrected chi connectivity index (χ0v) is 21.1. The highest BCUT2D eigenvalue weighted by molar-refractivity contribution is 8.26. The molecule has 0 spiro atoms. The molecule has 33 heavy (non-hydrogen) atoms. The van der Waals surface area contributed by atoms with Crippen LogP contribution in [0.5, 0.6) is 5.75 Å². The predicted octanol–water partition coefficient (Wildman–Crippen LogP) is 6.58. The number of benzene rings is 2. The molecular formula is C25H21Cl2NO3S2. The maximum Gasteiger partial charge on any atom is 0.315 e. The summed E-state index contributed by atoms with van der Waals surface area (Å²) >= 11 is 18.2. The van der Waals surface area contributed by atoms with Crippen LogP contribution in [0.25, 0.3) is 6.08 Å². The fourth-order valence-electron chi connectivity index (χ4n) is 3.94. The van der Waals surface area contributed by atoms with E-state index in [9.17, 15) is 9.59 Å². The molecule has 1 saturated heterocycles. The van der Waals surface area contributed by atoms with Crippen LogP contribution in [0, 0.1) is 17.3 Å². The highest BCUT2D eigenvalue weighted by Gasteiger charge is 2.61. The third-order valence-corrected chi connectivity index (χ3v) is 7.55. The summed E-state index contributed by atoms with van der Waals surface area (Å²) in [6.07, 6.45) is 3.48.